The highest BCUT2D eigenvalue weighted by Crippen LogP contribution is 2.38. The van der Waals surface area contributed by atoms with Gasteiger partial charge in [0.1, 0.15) is 0 Å². The fourth-order valence-corrected chi connectivity index (χ4v) is 2.48. The Morgan fingerprint density at radius 2 is 2.10 bits per heavy atom. The molecule has 0 unspecified atom stereocenters. The number of hydrogen-bond acceptors (Lipinski definition) is 4. The number of aryl methyl sites for hydroxylation is 1. The van der Waals surface area contributed by atoms with Crippen molar-refractivity contribution in [1.82, 2.24) is 9.78 Å². The smallest absolute Gasteiger partial charge is 0.356 e. The maximum Gasteiger partial charge on any atom is 0.356 e. The molecule has 3 rings (SSSR count). The van der Waals surface area contributed by atoms with Gasteiger partial charge in [-0.05, 0) is 25.1 Å². The van der Waals surface area contributed by atoms with Crippen LogP contribution in [0, 0.1) is 6.92 Å². The Bertz CT molecular complexity index is 706. The van der Waals surface area contributed by atoms with Crippen LogP contribution in [0.5, 0.6) is 11.5 Å². The minimum Gasteiger partial charge on any atom is -0.490 e. The topological polar surface area (TPSA) is 73.6 Å². The van der Waals surface area contributed by atoms with E-state index in [1.165, 1.54) is 0 Å². The Labute approximate surface area is 121 Å². The second kappa shape index (κ2) is 5.12. The monoisotopic (exact) mass is 288 g/mol. The number of carbonyl (C=O) groups is 1. The first kappa shape index (κ1) is 13.5. The third-order valence-electron chi connectivity index (χ3n) is 3.54. The summed E-state index contributed by atoms with van der Waals surface area (Å²) in [5.74, 6) is 0.418. The van der Waals surface area contributed by atoms with Gasteiger partial charge in [0.2, 0.25) is 0 Å². The predicted octanol–water partition coefficient (Wildman–Crippen LogP) is 2.26. The van der Waals surface area contributed by atoms with E-state index in [1.54, 1.807) is 17.8 Å². The minimum atomic E-state index is -1.04. The molecule has 0 radical (unpaired) electrons. The van der Waals surface area contributed by atoms with Crippen LogP contribution in [0.2, 0.25) is 0 Å². The van der Waals surface area contributed by atoms with Gasteiger partial charge in [-0.2, -0.15) is 5.10 Å². The lowest BCUT2D eigenvalue weighted by molar-refractivity contribution is 0.0689. The molecule has 0 atom stereocenters. The SMILES string of the molecule is Cc1c(-c2cc(C(=O)O)nn2C)ccc2c1OCCCO2. The Kier molecular flexibility index (Phi) is 3.29. The van der Waals surface area contributed by atoms with Crippen molar-refractivity contribution in [1.29, 1.82) is 0 Å². The number of carboxylic acids is 1. The number of fused-ring (bicyclic) bond motifs is 1. The van der Waals surface area contributed by atoms with Crippen LogP contribution in [0.4, 0.5) is 0 Å². The molecule has 6 nitrogen and oxygen atoms in total. The van der Waals surface area contributed by atoms with Crippen LogP contribution in [0.1, 0.15) is 22.5 Å². The number of ether oxygens (including phenoxy) is 2. The van der Waals surface area contributed by atoms with Gasteiger partial charge in [-0.3, -0.25) is 4.68 Å². The molecule has 0 saturated carbocycles. The molecule has 0 fully saturated rings. The Hall–Kier alpha value is -2.50. The summed E-state index contributed by atoms with van der Waals surface area (Å²) in [7, 11) is 1.73. The zero-order chi connectivity index (χ0) is 15.0. The molecule has 21 heavy (non-hydrogen) atoms. The van der Waals surface area contributed by atoms with Crippen molar-refractivity contribution in [3.05, 3.63) is 29.5 Å². The zero-order valence-electron chi connectivity index (χ0n) is 11.9. The van der Waals surface area contributed by atoms with Crippen LogP contribution in [0.25, 0.3) is 11.3 Å². The fraction of sp³-hybridized carbons (Fsp3) is 0.333. The highest BCUT2D eigenvalue weighted by molar-refractivity contribution is 5.87. The van der Waals surface area contributed by atoms with Crippen LogP contribution >= 0.6 is 0 Å². The first-order valence-electron chi connectivity index (χ1n) is 6.75. The number of aromatic nitrogens is 2. The minimum absolute atomic E-state index is 0.0269. The molecule has 1 N–H and O–H groups in total. The van der Waals surface area contributed by atoms with Crippen LogP contribution in [-0.2, 0) is 7.05 Å². The van der Waals surface area contributed by atoms with Gasteiger partial charge >= 0.3 is 5.97 Å². The van der Waals surface area contributed by atoms with E-state index in [-0.39, 0.29) is 5.69 Å². The number of hydrogen-bond donors (Lipinski definition) is 1. The summed E-state index contributed by atoms with van der Waals surface area (Å²) in [6.07, 6.45) is 0.846. The van der Waals surface area contributed by atoms with Crippen molar-refractivity contribution in [2.45, 2.75) is 13.3 Å². The molecule has 1 aromatic heterocycles. The molecule has 0 amide bonds. The van der Waals surface area contributed by atoms with Crippen molar-refractivity contribution in [2.24, 2.45) is 7.05 Å². The van der Waals surface area contributed by atoms with E-state index < -0.39 is 5.97 Å². The van der Waals surface area contributed by atoms with E-state index in [0.717, 1.165) is 34.7 Å². The Morgan fingerprint density at radius 3 is 2.81 bits per heavy atom. The van der Waals surface area contributed by atoms with Gasteiger partial charge in [0.15, 0.2) is 17.2 Å². The normalized spacial score (nSPS) is 13.8. The lowest BCUT2D eigenvalue weighted by Gasteiger charge is -2.14. The molecule has 0 bridgehead atoms. The van der Waals surface area contributed by atoms with E-state index in [0.29, 0.717) is 13.2 Å². The molecule has 1 aromatic carbocycles. The van der Waals surface area contributed by atoms with Crippen LogP contribution in [0.15, 0.2) is 18.2 Å². The first-order chi connectivity index (χ1) is 10.1. The second-order valence-electron chi connectivity index (χ2n) is 4.96. The average molecular weight is 288 g/mol. The van der Waals surface area contributed by atoms with Crippen LogP contribution in [0.3, 0.4) is 0 Å². The van der Waals surface area contributed by atoms with Crippen molar-refractivity contribution in [3.8, 4) is 22.8 Å². The molecule has 2 heterocycles. The van der Waals surface area contributed by atoms with Gasteiger partial charge in [0, 0.05) is 24.6 Å². The van der Waals surface area contributed by atoms with Crippen molar-refractivity contribution >= 4 is 5.97 Å². The van der Waals surface area contributed by atoms with Gasteiger partial charge in [0.05, 0.1) is 18.9 Å². The standard InChI is InChI=1S/C15H16N2O4/c1-9-10(12-8-11(15(18)19)16-17(12)2)4-5-13-14(9)21-7-3-6-20-13/h4-5,8H,3,6-7H2,1-2H3,(H,18,19). The summed E-state index contributed by atoms with van der Waals surface area (Å²) in [4.78, 5) is 11.0. The van der Waals surface area contributed by atoms with Gasteiger partial charge < -0.3 is 14.6 Å². The first-order valence-corrected chi connectivity index (χ1v) is 6.75. The molecule has 1 aliphatic rings. The molecular formula is C15H16N2O4. The van der Waals surface area contributed by atoms with Gasteiger partial charge in [0.25, 0.3) is 0 Å². The second-order valence-corrected chi connectivity index (χ2v) is 4.96. The molecule has 0 spiro atoms. The number of rotatable bonds is 2. The summed E-state index contributed by atoms with van der Waals surface area (Å²) in [5, 5.41) is 13.1. The lowest BCUT2D eigenvalue weighted by Crippen LogP contribution is -2.00. The Morgan fingerprint density at radius 1 is 1.33 bits per heavy atom. The summed E-state index contributed by atoms with van der Waals surface area (Å²) in [6, 6.07) is 5.33. The molecule has 2 aromatic rings. The predicted molar refractivity (Wildman–Crippen MR) is 75.9 cm³/mol. The zero-order valence-corrected chi connectivity index (χ0v) is 11.9. The highest BCUT2D eigenvalue weighted by Gasteiger charge is 2.19. The molecule has 6 heteroatoms. The maximum absolute atomic E-state index is 11.0. The third kappa shape index (κ3) is 2.33. The molecule has 1 aliphatic heterocycles. The third-order valence-corrected chi connectivity index (χ3v) is 3.54. The summed E-state index contributed by atoms with van der Waals surface area (Å²) in [6.45, 7) is 3.19. The van der Waals surface area contributed by atoms with Crippen molar-refractivity contribution in [2.75, 3.05) is 13.2 Å². The van der Waals surface area contributed by atoms with E-state index in [1.807, 2.05) is 19.1 Å². The maximum atomic E-state index is 11.0. The quantitative estimate of drug-likeness (QED) is 0.917. The van der Waals surface area contributed by atoms with Crippen molar-refractivity contribution in [3.63, 3.8) is 0 Å². The van der Waals surface area contributed by atoms with E-state index in [9.17, 15) is 4.79 Å². The largest absolute Gasteiger partial charge is 0.490 e. The van der Waals surface area contributed by atoms with Gasteiger partial charge in [-0.15, -0.1) is 0 Å². The molecular weight excluding hydrogens is 272 g/mol. The van der Waals surface area contributed by atoms with E-state index in [2.05, 4.69) is 5.10 Å². The van der Waals surface area contributed by atoms with Gasteiger partial charge in [-0.25, -0.2) is 4.79 Å². The fourth-order valence-electron chi connectivity index (χ4n) is 2.48. The molecule has 0 aliphatic carbocycles. The molecule has 110 valence electrons. The summed E-state index contributed by atoms with van der Waals surface area (Å²) >= 11 is 0. The highest BCUT2D eigenvalue weighted by atomic mass is 16.5. The summed E-state index contributed by atoms with van der Waals surface area (Å²) in [5.41, 5.74) is 2.58. The lowest BCUT2D eigenvalue weighted by atomic mass is 10.0. The van der Waals surface area contributed by atoms with E-state index in [4.69, 9.17) is 14.6 Å². The van der Waals surface area contributed by atoms with Crippen molar-refractivity contribution < 1.29 is 19.4 Å². The Balaban J connectivity index is 2.11. The number of carboxylic acid groups (broad SMARTS) is 1. The van der Waals surface area contributed by atoms with E-state index >= 15 is 0 Å². The van der Waals surface area contributed by atoms with Gasteiger partial charge in [-0.1, -0.05) is 0 Å². The molecule has 0 saturated heterocycles. The number of nitrogens with zero attached hydrogens (tertiary/aromatic N) is 2. The van der Waals surface area contributed by atoms with Crippen LogP contribution in [-0.4, -0.2) is 34.1 Å². The number of aromatic carboxylic acids is 1. The summed E-state index contributed by atoms with van der Waals surface area (Å²) < 4.78 is 13.0. The van der Waals surface area contributed by atoms with Crippen LogP contribution < -0.4 is 9.47 Å². The number of benzene rings is 1. The average Bonchev–Trinajstić information content (AvgIpc) is 2.69.